The van der Waals surface area contributed by atoms with Crippen molar-refractivity contribution < 1.29 is 18.9 Å². The third-order valence-corrected chi connectivity index (χ3v) is 11.4. The van der Waals surface area contributed by atoms with Gasteiger partial charge in [0.25, 0.3) is 0 Å². The van der Waals surface area contributed by atoms with Crippen LogP contribution in [0.4, 0.5) is 0 Å². The summed E-state index contributed by atoms with van der Waals surface area (Å²) in [6, 6.07) is 44.1. The monoisotopic (exact) mass is 738 g/mol. The van der Waals surface area contributed by atoms with Crippen LogP contribution in [0.1, 0.15) is 52.7 Å². The topological polar surface area (TPSA) is 36.9 Å². The molecule has 0 aliphatic heterocycles. The van der Waals surface area contributed by atoms with Crippen LogP contribution in [0.2, 0.25) is 0 Å². The Morgan fingerprint density at radius 1 is 0.304 bits per heavy atom. The van der Waals surface area contributed by atoms with Crippen LogP contribution in [-0.2, 0) is 10.8 Å². The first-order valence-electron chi connectivity index (χ1n) is 19.3. The minimum absolute atomic E-state index is 0.140. The summed E-state index contributed by atoms with van der Waals surface area (Å²) >= 11 is 0. The maximum atomic E-state index is 5.68. The molecule has 0 radical (unpaired) electrons. The van der Waals surface area contributed by atoms with E-state index in [4.69, 9.17) is 18.9 Å². The standard InChI is InChI=1S/C52H50O4/c1-51(2,3)35-27-41-45(31-11-19-37(53-7)20-12-31)47(33-15-23-39(55-9)24-16-33)43-29-36(52(4,5)6)30-44-48(34-17-25-40(56-10)26-18-34)46(42(28-35)49(41)50(43)44)32-13-21-38(54-8)22-14-32/h11-30H,1-10H3. The van der Waals surface area contributed by atoms with Gasteiger partial charge in [-0.1, -0.05) is 90.1 Å². The van der Waals surface area contributed by atoms with E-state index in [0.29, 0.717) is 0 Å². The molecule has 0 saturated heterocycles. The maximum absolute atomic E-state index is 5.68. The van der Waals surface area contributed by atoms with Crippen molar-refractivity contribution >= 4 is 32.3 Å². The molecule has 0 aromatic heterocycles. The van der Waals surface area contributed by atoms with Crippen LogP contribution in [0.5, 0.6) is 23.0 Å². The summed E-state index contributed by atoms with van der Waals surface area (Å²) in [5, 5.41) is 7.41. The van der Waals surface area contributed by atoms with Gasteiger partial charge in [0.05, 0.1) is 28.4 Å². The van der Waals surface area contributed by atoms with Crippen LogP contribution in [0.15, 0.2) is 121 Å². The van der Waals surface area contributed by atoms with Gasteiger partial charge in [-0.3, -0.25) is 0 Å². The third-order valence-electron chi connectivity index (χ3n) is 11.4. The van der Waals surface area contributed by atoms with Gasteiger partial charge in [0.1, 0.15) is 23.0 Å². The van der Waals surface area contributed by atoms with Crippen molar-refractivity contribution in [2.45, 2.75) is 52.4 Å². The second-order valence-electron chi connectivity index (χ2n) is 16.8. The van der Waals surface area contributed by atoms with Gasteiger partial charge < -0.3 is 18.9 Å². The lowest BCUT2D eigenvalue weighted by atomic mass is 9.73. The van der Waals surface area contributed by atoms with E-state index in [1.807, 2.05) is 0 Å². The number of ether oxygens (including phenoxy) is 4. The van der Waals surface area contributed by atoms with Gasteiger partial charge in [-0.2, -0.15) is 0 Å². The second kappa shape index (κ2) is 13.9. The van der Waals surface area contributed by atoms with E-state index >= 15 is 0 Å². The molecule has 0 saturated carbocycles. The van der Waals surface area contributed by atoms with Crippen molar-refractivity contribution in [3.8, 4) is 67.5 Å². The zero-order valence-electron chi connectivity index (χ0n) is 34.2. The van der Waals surface area contributed by atoms with E-state index in [-0.39, 0.29) is 10.8 Å². The predicted molar refractivity (Wildman–Crippen MR) is 235 cm³/mol. The SMILES string of the molecule is COc1ccc(-c2c(-c3ccc(OC)cc3)c3cc(C(C)(C)C)cc4c(-c5ccc(OC)cc5)c(-c5ccc(OC)cc5)c5cc(C(C)(C)C)cc2c5c34)cc1. The fourth-order valence-corrected chi connectivity index (χ4v) is 8.25. The summed E-state index contributed by atoms with van der Waals surface area (Å²) in [5.41, 5.74) is 11.6. The van der Waals surface area contributed by atoms with E-state index in [1.54, 1.807) is 28.4 Å². The van der Waals surface area contributed by atoms with Crippen molar-refractivity contribution in [3.05, 3.63) is 132 Å². The lowest BCUT2D eigenvalue weighted by Gasteiger charge is -2.30. The zero-order valence-corrected chi connectivity index (χ0v) is 34.2. The van der Waals surface area contributed by atoms with Gasteiger partial charge in [0.2, 0.25) is 0 Å². The molecule has 4 heteroatoms. The largest absolute Gasteiger partial charge is 0.497 e. The number of hydrogen-bond donors (Lipinski definition) is 0. The highest BCUT2D eigenvalue weighted by molar-refractivity contribution is 6.36. The fourth-order valence-electron chi connectivity index (χ4n) is 8.25. The minimum Gasteiger partial charge on any atom is -0.497 e. The van der Waals surface area contributed by atoms with Crippen molar-refractivity contribution in [2.75, 3.05) is 28.4 Å². The minimum atomic E-state index is -0.140. The quantitative estimate of drug-likeness (QED) is 0.145. The van der Waals surface area contributed by atoms with Gasteiger partial charge in [0.15, 0.2) is 0 Å². The first-order chi connectivity index (χ1) is 26.8. The average molecular weight is 739 g/mol. The highest BCUT2D eigenvalue weighted by atomic mass is 16.5. The van der Waals surface area contributed by atoms with Crippen molar-refractivity contribution in [1.29, 1.82) is 0 Å². The molecule has 0 fully saturated rings. The number of hydrogen-bond acceptors (Lipinski definition) is 4. The van der Waals surface area contributed by atoms with Crippen LogP contribution in [0, 0.1) is 0 Å². The Bertz CT molecular complexity index is 2330. The summed E-state index contributed by atoms with van der Waals surface area (Å²) < 4.78 is 22.7. The maximum Gasteiger partial charge on any atom is 0.118 e. The van der Waals surface area contributed by atoms with Crippen molar-refractivity contribution in [3.63, 3.8) is 0 Å². The smallest absolute Gasteiger partial charge is 0.118 e. The highest BCUT2D eigenvalue weighted by Gasteiger charge is 2.29. The molecule has 0 aliphatic carbocycles. The molecule has 0 heterocycles. The van der Waals surface area contributed by atoms with Crippen LogP contribution in [0.3, 0.4) is 0 Å². The molecular weight excluding hydrogens is 689 g/mol. The van der Waals surface area contributed by atoms with Crippen LogP contribution in [0.25, 0.3) is 76.8 Å². The van der Waals surface area contributed by atoms with E-state index in [9.17, 15) is 0 Å². The molecule has 282 valence electrons. The highest BCUT2D eigenvalue weighted by Crippen LogP contribution is 2.55. The van der Waals surface area contributed by atoms with Crippen LogP contribution in [-0.4, -0.2) is 28.4 Å². The molecule has 0 amide bonds. The summed E-state index contributed by atoms with van der Waals surface area (Å²) in [7, 11) is 6.89. The molecule has 0 atom stereocenters. The Morgan fingerprint density at radius 2 is 0.500 bits per heavy atom. The molecule has 0 bridgehead atoms. The summed E-state index contributed by atoms with van der Waals surface area (Å²) in [4.78, 5) is 0. The van der Waals surface area contributed by atoms with E-state index in [1.165, 1.54) is 65.7 Å². The predicted octanol–water partition coefficient (Wildman–Crippen LogP) is 13.9. The first kappa shape index (κ1) is 36.9. The Labute approximate surface area is 331 Å². The number of rotatable bonds is 8. The summed E-state index contributed by atoms with van der Waals surface area (Å²) in [6.07, 6.45) is 0. The molecule has 0 aliphatic rings. The van der Waals surface area contributed by atoms with Crippen LogP contribution >= 0.6 is 0 Å². The molecule has 8 aromatic rings. The number of benzene rings is 8. The van der Waals surface area contributed by atoms with E-state index in [0.717, 1.165) is 45.3 Å². The normalized spacial score (nSPS) is 12.1. The lowest BCUT2D eigenvalue weighted by Crippen LogP contribution is -2.13. The zero-order chi connectivity index (χ0) is 39.5. The van der Waals surface area contributed by atoms with E-state index in [2.05, 4.69) is 163 Å². The molecular formula is C52H50O4. The van der Waals surface area contributed by atoms with Crippen molar-refractivity contribution in [1.82, 2.24) is 0 Å². The van der Waals surface area contributed by atoms with E-state index < -0.39 is 0 Å². The molecule has 0 unspecified atom stereocenters. The lowest BCUT2D eigenvalue weighted by molar-refractivity contribution is 0.414. The van der Waals surface area contributed by atoms with Gasteiger partial charge >= 0.3 is 0 Å². The van der Waals surface area contributed by atoms with Gasteiger partial charge in [-0.05, 0) is 172 Å². The molecule has 56 heavy (non-hydrogen) atoms. The molecule has 8 aromatic carbocycles. The average Bonchev–Trinajstić information content (AvgIpc) is 3.21. The van der Waals surface area contributed by atoms with Gasteiger partial charge in [0, 0.05) is 0 Å². The Hall–Kier alpha value is -6.00. The van der Waals surface area contributed by atoms with Gasteiger partial charge in [-0.15, -0.1) is 0 Å². The van der Waals surface area contributed by atoms with Crippen molar-refractivity contribution in [2.24, 2.45) is 0 Å². The molecule has 8 rings (SSSR count). The Morgan fingerprint density at radius 3 is 0.661 bits per heavy atom. The van der Waals surface area contributed by atoms with Crippen LogP contribution < -0.4 is 18.9 Å². The summed E-state index contributed by atoms with van der Waals surface area (Å²) in [5.74, 6) is 3.31. The first-order valence-corrected chi connectivity index (χ1v) is 19.3. The van der Waals surface area contributed by atoms with Gasteiger partial charge in [-0.25, -0.2) is 0 Å². The molecule has 0 N–H and O–H groups in total. The Kier molecular flexibility index (Phi) is 9.20. The second-order valence-corrected chi connectivity index (χ2v) is 16.8. The fraction of sp³-hybridized carbons (Fsp3) is 0.231. The Balaban J connectivity index is 1.71. The third kappa shape index (κ3) is 6.27. The molecule has 4 nitrogen and oxygen atoms in total. The number of methoxy groups -OCH3 is 4. The summed E-state index contributed by atoms with van der Waals surface area (Å²) in [6.45, 7) is 13.9. The molecule has 0 spiro atoms.